The lowest BCUT2D eigenvalue weighted by Crippen LogP contribution is -2.67. The molecule has 1 rings (SSSR count). The summed E-state index contributed by atoms with van der Waals surface area (Å²) in [4.78, 5) is 0. The van der Waals surface area contributed by atoms with E-state index in [4.69, 9.17) is 4.74 Å². The second kappa shape index (κ2) is 12.2. The van der Waals surface area contributed by atoms with Crippen molar-refractivity contribution in [1.29, 1.82) is 0 Å². The van der Waals surface area contributed by atoms with E-state index in [9.17, 15) is 20.4 Å². The topological polar surface area (TPSA) is 102 Å². The number of nitrogens with one attached hydrogen (secondary N) is 1. The lowest BCUT2D eigenvalue weighted by atomic mass is 9.91. The molecule has 1 aliphatic rings. The van der Waals surface area contributed by atoms with Gasteiger partial charge in [-0.2, -0.15) is 0 Å². The third kappa shape index (κ3) is 7.45. The van der Waals surface area contributed by atoms with Crippen LogP contribution in [0.3, 0.4) is 0 Å². The number of aliphatic hydroxyl groups is 4. The molecule has 0 aromatic rings. The van der Waals surface area contributed by atoms with Crippen LogP contribution in [0.2, 0.25) is 0 Å². The van der Waals surface area contributed by atoms with Gasteiger partial charge in [0, 0.05) is 6.61 Å². The summed E-state index contributed by atoms with van der Waals surface area (Å²) in [5, 5.41) is 41.5. The molecule has 6 nitrogen and oxygen atoms in total. The molecular formula is C17H35NO5. The molecule has 0 bridgehead atoms. The molecule has 23 heavy (non-hydrogen) atoms. The van der Waals surface area contributed by atoms with E-state index in [1.807, 2.05) is 0 Å². The highest BCUT2D eigenvalue weighted by Gasteiger charge is 2.41. The Morgan fingerprint density at radius 3 is 1.96 bits per heavy atom. The quantitative estimate of drug-likeness (QED) is 0.335. The zero-order valence-electron chi connectivity index (χ0n) is 14.4. The number of ether oxygens (including phenoxy) is 1. The second-order valence-electron chi connectivity index (χ2n) is 6.58. The van der Waals surface area contributed by atoms with Crippen LogP contribution in [0.25, 0.3) is 0 Å². The Morgan fingerprint density at radius 2 is 1.35 bits per heavy atom. The maximum atomic E-state index is 9.93. The van der Waals surface area contributed by atoms with Gasteiger partial charge in [0.05, 0.1) is 37.5 Å². The van der Waals surface area contributed by atoms with Crippen molar-refractivity contribution < 1.29 is 25.2 Å². The highest BCUT2D eigenvalue weighted by Crippen LogP contribution is 2.16. The average molecular weight is 333 g/mol. The third-order valence-corrected chi connectivity index (χ3v) is 4.59. The van der Waals surface area contributed by atoms with E-state index in [1.165, 1.54) is 38.5 Å². The zero-order chi connectivity index (χ0) is 17.1. The second-order valence-corrected chi connectivity index (χ2v) is 6.58. The normalized spacial score (nSPS) is 31.4. The molecule has 0 radical (unpaired) electrons. The number of aliphatic hydroxyl groups excluding tert-OH is 4. The summed E-state index contributed by atoms with van der Waals surface area (Å²) in [5.74, 6) is 0. The Morgan fingerprint density at radius 1 is 0.783 bits per heavy atom. The minimum atomic E-state index is -1.26. The van der Waals surface area contributed by atoms with Gasteiger partial charge >= 0.3 is 0 Å². The molecule has 138 valence electrons. The summed E-state index contributed by atoms with van der Waals surface area (Å²) in [6.45, 7) is 2.82. The van der Waals surface area contributed by atoms with Crippen molar-refractivity contribution in [2.75, 3.05) is 19.8 Å². The van der Waals surface area contributed by atoms with Crippen LogP contribution in [0.15, 0.2) is 0 Å². The fourth-order valence-corrected chi connectivity index (χ4v) is 3.01. The molecule has 6 heteroatoms. The van der Waals surface area contributed by atoms with Gasteiger partial charge in [-0.15, -0.1) is 0 Å². The Balaban J connectivity index is 2.06. The fourth-order valence-electron chi connectivity index (χ4n) is 3.01. The van der Waals surface area contributed by atoms with Gasteiger partial charge in [-0.3, -0.25) is 0 Å². The van der Waals surface area contributed by atoms with Crippen LogP contribution in [-0.2, 0) is 4.74 Å². The highest BCUT2D eigenvalue weighted by molar-refractivity contribution is 4.97. The van der Waals surface area contributed by atoms with Crippen LogP contribution < -0.4 is 5.32 Å². The first-order valence-electron chi connectivity index (χ1n) is 9.10. The Labute approximate surface area is 139 Å². The largest absolute Gasteiger partial charge is 0.395 e. The molecular weight excluding hydrogens is 298 g/mol. The van der Waals surface area contributed by atoms with E-state index >= 15 is 0 Å². The maximum absolute atomic E-state index is 9.93. The molecule has 1 unspecified atom stereocenters. The summed E-state index contributed by atoms with van der Waals surface area (Å²) >= 11 is 0. The van der Waals surface area contributed by atoms with Gasteiger partial charge in [-0.05, 0) is 6.42 Å². The lowest BCUT2D eigenvalue weighted by molar-refractivity contribution is -0.129. The monoisotopic (exact) mass is 333 g/mol. The van der Waals surface area contributed by atoms with Crippen molar-refractivity contribution in [3.05, 3.63) is 0 Å². The van der Waals surface area contributed by atoms with Crippen molar-refractivity contribution in [2.45, 2.75) is 88.7 Å². The number of hydrogen-bond acceptors (Lipinski definition) is 6. The van der Waals surface area contributed by atoms with Gasteiger partial charge in [0.15, 0.2) is 0 Å². The number of unbranched alkanes of at least 4 members (excludes halogenated alkanes) is 7. The first-order valence-corrected chi connectivity index (χ1v) is 9.10. The molecule has 0 aromatic carbocycles. The highest BCUT2D eigenvalue weighted by atomic mass is 16.5. The van der Waals surface area contributed by atoms with E-state index in [0.717, 1.165) is 12.8 Å². The van der Waals surface area contributed by atoms with Crippen LogP contribution in [0.1, 0.15) is 58.3 Å². The number of hydrogen-bond donors (Lipinski definition) is 5. The maximum Gasteiger partial charge on any atom is 0.109 e. The molecule has 1 fully saturated rings. The summed E-state index contributed by atoms with van der Waals surface area (Å²) in [6.07, 6.45) is 6.38. The molecule has 0 saturated carbocycles. The van der Waals surface area contributed by atoms with Gasteiger partial charge in [0.1, 0.15) is 6.10 Å². The predicted molar refractivity (Wildman–Crippen MR) is 89.2 cm³/mol. The molecule has 1 heterocycles. The summed E-state index contributed by atoms with van der Waals surface area (Å²) in [6, 6.07) is -1.11. The third-order valence-electron chi connectivity index (χ3n) is 4.59. The van der Waals surface area contributed by atoms with E-state index < -0.39 is 30.4 Å². The fraction of sp³-hybridized carbons (Fsp3) is 1.00. The minimum absolute atomic E-state index is 0.262. The average Bonchev–Trinajstić information content (AvgIpc) is 2.56. The van der Waals surface area contributed by atoms with Gasteiger partial charge < -0.3 is 30.5 Å². The Bertz CT molecular complexity index is 290. The van der Waals surface area contributed by atoms with Crippen molar-refractivity contribution in [3.8, 4) is 0 Å². The van der Waals surface area contributed by atoms with Crippen molar-refractivity contribution in [3.63, 3.8) is 0 Å². The Kier molecular flexibility index (Phi) is 11.0. The van der Waals surface area contributed by atoms with E-state index in [0.29, 0.717) is 6.61 Å². The summed E-state index contributed by atoms with van der Waals surface area (Å²) in [7, 11) is 0. The SMILES string of the molecule is CCCCCCCCCCOCC1N[C@H](CO)[C@H](O)[C@H](O)[C@H]1O. The van der Waals surface area contributed by atoms with Crippen LogP contribution in [0, 0.1) is 0 Å². The van der Waals surface area contributed by atoms with Crippen molar-refractivity contribution in [2.24, 2.45) is 0 Å². The minimum Gasteiger partial charge on any atom is -0.395 e. The zero-order valence-corrected chi connectivity index (χ0v) is 14.4. The predicted octanol–water partition coefficient (Wildman–Crippen LogP) is 0.559. The summed E-state index contributed by atoms with van der Waals surface area (Å²) in [5.41, 5.74) is 0. The van der Waals surface area contributed by atoms with Crippen LogP contribution >= 0.6 is 0 Å². The first kappa shape index (κ1) is 20.8. The van der Waals surface area contributed by atoms with E-state index in [1.54, 1.807) is 0 Å². The van der Waals surface area contributed by atoms with Crippen LogP contribution in [0.5, 0.6) is 0 Å². The van der Waals surface area contributed by atoms with Crippen LogP contribution in [-0.4, -0.2) is 70.6 Å². The lowest BCUT2D eigenvalue weighted by Gasteiger charge is -2.40. The van der Waals surface area contributed by atoms with Gasteiger partial charge in [0.25, 0.3) is 0 Å². The molecule has 1 saturated heterocycles. The molecule has 5 atom stereocenters. The van der Waals surface area contributed by atoms with Gasteiger partial charge in [-0.1, -0.05) is 51.9 Å². The smallest absolute Gasteiger partial charge is 0.109 e. The molecule has 0 spiro atoms. The van der Waals surface area contributed by atoms with Gasteiger partial charge in [0.2, 0.25) is 0 Å². The number of piperidine rings is 1. The standard InChI is InChI=1S/C17H35NO5/c1-2-3-4-5-6-7-8-9-10-23-12-14-16(21)17(22)15(20)13(11-19)18-14/h13-22H,2-12H2,1H3/t13-,14?,15+,16+,17+/m1/s1. The first-order chi connectivity index (χ1) is 11.1. The van der Waals surface area contributed by atoms with E-state index in [-0.39, 0.29) is 13.2 Å². The van der Waals surface area contributed by atoms with Crippen molar-refractivity contribution >= 4 is 0 Å². The van der Waals surface area contributed by atoms with E-state index in [2.05, 4.69) is 12.2 Å². The molecule has 0 aliphatic carbocycles. The van der Waals surface area contributed by atoms with Gasteiger partial charge in [-0.25, -0.2) is 0 Å². The molecule has 0 aromatic heterocycles. The molecule has 1 aliphatic heterocycles. The Hall–Kier alpha value is -0.240. The molecule has 5 N–H and O–H groups in total. The molecule has 0 amide bonds. The van der Waals surface area contributed by atoms with Crippen LogP contribution in [0.4, 0.5) is 0 Å². The number of rotatable bonds is 12. The summed E-state index contributed by atoms with van der Waals surface area (Å²) < 4.78 is 5.57. The van der Waals surface area contributed by atoms with Crippen molar-refractivity contribution in [1.82, 2.24) is 5.32 Å².